The van der Waals surface area contributed by atoms with E-state index in [0.717, 1.165) is 4.90 Å². The Morgan fingerprint density at radius 3 is 2.05 bits per heavy atom. The lowest BCUT2D eigenvalue weighted by Gasteiger charge is -2.31. The summed E-state index contributed by atoms with van der Waals surface area (Å²) in [5, 5.41) is 11.9. The number of rotatable bonds is 3. The number of hydrogen-bond acceptors (Lipinski definition) is 3. The van der Waals surface area contributed by atoms with E-state index in [-0.39, 0.29) is 5.56 Å². The topological polar surface area (TPSA) is 86.7 Å². The molecule has 1 aliphatic heterocycles. The van der Waals surface area contributed by atoms with E-state index in [1.165, 1.54) is 12.1 Å². The van der Waals surface area contributed by atoms with Crippen molar-refractivity contribution in [2.24, 2.45) is 0 Å². The number of hydrogen-bond donors (Lipinski definition) is 2. The number of urea groups is 1. The van der Waals surface area contributed by atoms with Crippen molar-refractivity contribution < 1.29 is 19.5 Å². The summed E-state index contributed by atoms with van der Waals surface area (Å²) in [6.07, 6.45) is 0. The van der Waals surface area contributed by atoms with Gasteiger partial charge in [-0.1, -0.05) is 48.5 Å². The van der Waals surface area contributed by atoms with E-state index in [1.807, 2.05) is 0 Å². The fourth-order valence-electron chi connectivity index (χ4n) is 2.64. The standard InChI is InChI=1S/C16H12N2O4/c19-13-16(14(20)21,11-7-3-1-4-8-11)18(15(22)17-13)12-9-5-2-6-10-12/h1-10H,(H,20,21)(H,17,19,22). The van der Waals surface area contributed by atoms with Crippen LogP contribution in [0.2, 0.25) is 0 Å². The van der Waals surface area contributed by atoms with Gasteiger partial charge in [0.25, 0.3) is 11.4 Å². The van der Waals surface area contributed by atoms with Gasteiger partial charge in [-0.2, -0.15) is 0 Å². The Bertz CT molecular complexity index is 745. The first kappa shape index (κ1) is 13.8. The van der Waals surface area contributed by atoms with Crippen molar-refractivity contribution in [3.63, 3.8) is 0 Å². The van der Waals surface area contributed by atoms with Gasteiger partial charge in [-0.15, -0.1) is 0 Å². The molecule has 0 saturated carbocycles. The quantitative estimate of drug-likeness (QED) is 0.667. The van der Waals surface area contributed by atoms with Gasteiger partial charge in [-0.25, -0.2) is 9.59 Å². The minimum absolute atomic E-state index is 0.217. The molecule has 0 radical (unpaired) electrons. The number of benzene rings is 2. The van der Waals surface area contributed by atoms with Crippen molar-refractivity contribution in [3.8, 4) is 0 Å². The molecule has 1 unspecified atom stereocenters. The number of carboxylic acid groups (broad SMARTS) is 1. The summed E-state index contributed by atoms with van der Waals surface area (Å²) >= 11 is 0. The predicted molar refractivity (Wildman–Crippen MR) is 78.2 cm³/mol. The summed E-state index contributed by atoms with van der Waals surface area (Å²) in [5.41, 5.74) is -1.56. The van der Waals surface area contributed by atoms with Gasteiger partial charge in [0.15, 0.2) is 0 Å². The van der Waals surface area contributed by atoms with E-state index in [2.05, 4.69) is 5.32 Å². The molecule has 6 nitrogen and oxygen atoms in total. The first-order valence-electron chi connectivity index (χ1n) is 6.58. The molecule has 1 atom stereocenters. The molecule has 0 spiro atoms. The maximum absolute atomic E-state index is 12.4. The third-order valence-corrected chi connectivity index (χ3v) is 3.60. The molecule has 3 rings (SSSR count). The Morgan fingerprint density at radius 2 is 1.50 bits per heavy atom. The van der Waals surface area contributed by atoms with Gasteiger partial charge in [0, 0.05) is 5.69 Å². The zero-order chi connectivity index (χ0) is 15.7. The molecular formula is C16H12N2O4. The fraction of sp³-hybridized carbons (Fsp3) is 0.0625. The SMILES string of the molecule is O=C1NC(=O)C(C(=O)O)(c2ccccc2)N1c1ccccc1. The summed E-state index contributed by atoms with van der Waals surface area (Å²) in [7, 11) is 0. The van der Waals surface area contributed by atoms with Crippen LogP contribution in [0.25, 0.3) is 0 Å². The van der Waals surface area contributed by atoms with Gasteiger partial charge in [0.05, 0.1) is 0 Å². The first-order valence-corrected chi connectivity index (χ1v) is 6.58. The van der Waals surface area contributed by atoms with E-state index in [9.17, 15) is 19.5 Å². The number of carboxylic acids is 1. The fourth-order valence-corrected chi connectivity index (χ4v) is 2.64. The lowest BCUT2D eigenvalue weighted by atomic mass is 9.88. The Kier molecular flexibility index (Phi) is 3.14. The van der Waals surface area contributed by atoms with Crippen LogP contribution in [0.15, 0.2) is 60.7 Å². The lowest BCUT2D eigenvalue weighted by Crippen LogP contribution is -2.53. The number of anilines is 1. The summed E-state index contributed by atoms with van der Waals surface area (Å²) in [6, 6.07) is 15.5. The van der Waals surface area contributed by atoms with Crippen LogP contribution < -0.4 is 10.2 Å². The minimum atomic E-state index is -2.11. The molecule has 3 amide bonds. The largest absolute Gasteiger partial charge is 0.479 e. The van der Waals surface area contributed by atoms with E-state index in [1.54, 1.807) is 48.5 Å². The highest BCUT2D eigenvalue weighted by atomic mass is 16.4. The summed E-state index contributed by atoms with van der Waals surface area (Å²) < 4.78 is 0. The first-order chi connectivity index (χ1) is 10.6. The highest BCUT2D eigenvalue weighted by molar-refractivity contribution is 6.26. The van der Waals surface area contributed by atoms with Crippen LogP contribution in [0, 0.1) is 0 Å². The van der Waals surface area contributed by atoms with Crippen molar-refractivity contribution >= 4 is 23.6 Å². The maximum Gasteiger partial charge on any atom is 0.344 e. The predicted octanol–water partition coefficient (Wildman–Crippen LogP) is 1.72. The molecule has 6 heteroatoms. The molecule has 22 heavy (non-hydrogen) atoms. The second kappa shape index (κ2) is 5.00. The van der Waals surface area contributed by atoms with Gasteiger partial charge in [0.2, 0.25) is 0 Å². The number of carbonyl (C=O) groups is 3. The molecule has 0 bridgehead atoms. The number of carbonyl (C=O) groups excluding carboxylic acids is 2. The highest BCUT2D eigenvalue weighted by Gasteiger charge is 2.61. The molecule has 2 N–H and O–H groups in total. The van der Waals surface area contributed by atoms with Crippen molar-refractivity contribution in [1.29, 1.82) is 0 Å². The van der Waals surface area contributed by atoms with Gasteiger partial charge in [-0.05, 0) is 17.7 Å². The van der Waals surface area contributed by atoms with Gasteiger partial charge >= 0.3 is 12.0 Å². The van der Waals surface area contributed by atoms with Crippen LogP contribution in [0.5, 0.6) is 0 Å². The van der Waals surface area contributed by atoms with Crippen molar-refractivity contribution in [3.05, 3.63) is 66.2 Å². The minimum Gasteiger partial charge on any atom is -0.479 e. The van der Waals surface area contributed by atoms with Crippen LogP contribution >= 0.6 is 0 Å². The molecule has 1 saturated heterocycles. The molecule has 1 heterocycles. The number of para-hydroxylation sites is 1. The number of nitrogens with one attached hydrogen (secondary N) is 1. The number of imide groups is 1. The zero-order valence-electron chi connectivity index (χ0n) is 11.4. The summed E-state index contributed by atoms with van der Waals surface area (Å²) in [5.74, 6) is -2.29. The average Bonchev–Trinajstić information content (AvgIpc) is 2.80. The van der Waals surface area contributed by atoms with E-state index in [0.29, 0.717) is 5.69 Å². The van der Waals surface area contributed by atoms with E-state index < -0.39 is 23.4 Å². The Balaban J connectivity index is 2.28. The monoisotopic (exact) mass is 296 g/mol. The molecule has 1 aliphatic rings. The van der Waals surface area contributed by atoms with Crippen molar-refractivity contribution in [2.75, 3.05) is 4.90 Å². The third kappa shape index (κ3) is 1.77. The number of amides is 3. The smallest absolute Gasteiger partial charge is 0.344 e. The molecular weight excluding hydrogens is 284 g/mol. The molecule has 1 fully saturated rings. The molecule has 2 aromatic rings. The number of aliphatic carboxylic acids is 1. The lowest BCUT2D eigenvalue weighted by molar-refractivity contribution is -0.147. The molecule has 0 aliphatic carbocycles. The molecule has 2 aromatic carbocycles. The summed E-state index contributed by atoms with van der Waals surface area (Å²) in [6.45, 7) is 0. The zero-order valence-corrected chi connectivity index (χ0v) is 11.4. The van der Waals surface area contributed by atoms with E-state index >= 15 is 0 Å². The Labute approximate surface area is 126 Å². The van der Waals surface area contributed by atoms with Crippen LogP contribution in [0.1, 0.15) is 5.56 Å². The Morgan fingerprint density at radius 1 is 0.955 bits per heavy atom. The average molecular weight is 296 g/mol. The van der Waals surface area contributed by atoms with Crippen molar-refractivity contribution in [1.82, 2.24) is 5.32 Å². The van der Waals surface area contributed by atoms with Gasteiger partial charge in [-0.3, -0.25) is 15.0 Å². The Hall–Kier alpha value is -3.15. The second-order valence-corrected chi connectivity index (χ2v) is 4.81. The van der Waals surface area contributed by atoms with Crippen LogP contribution in [-0.4, -0.2) is 23.0 Å². The molecule has 0 aromatic heterocycles. The third-order valence-electron chi connectivity index (χ3n) is 3.60. The van der Waals surface area contributed by atoms with Crippen LogP contribution in [-0.2, 0) is 15.1 Å². The summed E-state index contributed by atoms with van der Waals surface area (Å²) in [4.78, 5) is 37.6. The van der Waals surface area contributed by atoms with Crippen LogP contribution in [0.4, 0.5) is 10.5 Å². The van der Waals surface area contributed by atoms with Crippen molar-refractivity contribution in [2.45, 2.75) is 5.54 Å². The van der Waals surface area contributed by atoms with Gasteiger partial charge in [0.1, 0.15) is 0 Å². The highest BCUT2D eigenvalue weighted by Crippen LogP contribution is 2.37. The molecule has 110 valence electrons. The second-order valence-electron chi connectivity index (χ2n) is 4.81. The van der Waals surface area contributed by atoms with Crippen LogP contribution in [0.3, 0.4) is 0 Å². The number of nitrogens with zero attached hydrogens (tertiary/aromatic N) is 1. The normalized spacial score (nSPS) is 20.8. The van der Waals surface area contributed by atoms with Gasteiger partial charge < -0.3 is 5.11 Å². The van der Waals surface area contributed by atoms with E-state index in [4.69, 9.17) is 0 Å². The maximum atomic E-state index is 12.4.